The molecule has 0 bridgehead atoms. The van der Waals surface area contributed by atoms with Gasteiger partial charge in [0.2, 0.25) is 0 Å². The van der Waals surface area contributed by atoms with Crippen LogP contribution in [0.25, 0.3) is 0 Å². The molecular weight excluding hydrogens is 250 g/mol. The first-order valence-corrected chi connectivity index (χ1v) is 6.87. The Labute approximate surface area is 121 Å². The topological polar surface area (TPSA) is 64.2 Å². The first kappa shape index (κ1) is 16.4. The molecule has 0 spiro atoms. The predicted molar refractivity (Wildman–Crippen MR) is 80.6 cm³/mol. The van der Waals surface area contributed by atoms with Gasteiger partial charge in [0.25, 0.3) is 0 Å². The number of nitrogens with zero attached hydrogens (tertiary/aromatic N) is 1. The molecule has 1 rings (SSSR count). The van der Waals surface area contributed by atoms with Crippen molar-refractivity contribution in [3.63, 3.8) is 0 Å². The van der Waals surface area contributed by atoms with E-state index in [4.69, 9.17) is 0 Å². The largest absolute Gasteiger partial charge is 0.504 e. The Morgan fingerprint density at radius 2 is 1.55 bits per heavy atom. The van der Waals surface area contributed by atoms with E-state index in [0.29, 0.717) is 6.42 Å². The van der Waals surface area contributed by atoms with Gasteiger partial charge in [0, 0.05) is 0 Å². The summed E-state index contributed by atoms with van der Waals surface area (Å²) in [6, 6.07) is 7.17. The molecular formula is C17H25NO2. The van der Waals surface area contributed by atoms with Gasteiger partial charge in [-0.05, 0) is 34.9 Å². The van der Waals surface area contributed by atoms with Crippen LogP contribution in [0.1, 0.15) is 53.5 Å². The predicted octanol–water partition coefficient (Wildman–Crippen LogP) is 4.34. The third-order valence-corrected chi connectivity index (χ3v) is 3.73. The molecule has 3 heteroatoms. The van der Waals surface area contributed by atoms with Crippen LogP contribution in [0.4, 0.5) is 0 Å². The Bertz CT molecular complexity index is 529. The second-order valence-corrected chi connectivity index (χ2v) is 7.71. The van der Waals surface area contributed by atoms with Gasteiger partial charge in [-0.1, -0.05) is 47.6 Å². The Morgan fingerprint density at radius 3 is 1.90 bits per heavy atom. The van der Waals surface area contributed by atoms with Crippen LogP contribution >= 0.6 is 0 Å². The number of aromatic hydroxyl groups is 2. The molecule has 3 nitrogen and oxygen atoms in total. The van der Waals surface area contributed by atoms with Gasteiger partial charge in [0.1, 0.15) is 0 Å². The van der Waals surface area contributed by atoms with E-state index in [2.05, 4.69) is 26.8 Å². The Hall–Kier alpha value is -1.69. The molecule has 0 heterocycles. The van der Waals surface area contributed by atoms with Crippen LogP contribution in [0.2, 0.25) is 0 Å². The van der Waals surface area contributed by atoms with Gasteiger partial charge < -0.3 is 10.2 Å². The summed E-state index contributed by atoms with van der Waals surface area (Å²) in [5, 5.41) is 29.1. The lowest BCUT2D eigenvalue weighted by Gasteiger charge is -2.43. The summed E-state index contributed by atoms with van der Waals surface area (Å²) in [7, 11) is 0. The maximum absolute atomic E-state index is 9.89. The first-order valence-electron chi connectivity index (χ1n) is 6.87. The highest BCUT2D eigenvalue weighted by Crippen LogP contribution is 2.49. The van der Waals surface area contributed by atoms with E-state index >= 15 is 0 Å². The summed E-state index contributed by atoms with van der Waals surface area (Å²) < 4.78 is 0. The summed E-state index contributed by atoms with van der Waals surface area (Å²) in [5.41, 5.74) is -0.302. The number of phenols is 2. The molecule has 0 aromatic heterocycles. The molecule has 1 aromatic rings. The highest BCUT2D eigenvalue weighted by molar-refractivity contribution is 5.46. The third kappa shape index (κ3) is 3.07. The van der Waals surface area contributed by atoms with Crippen molar-refractivity contribution in [2.75, 3.05) is 0 Å². The fourth-order valence-electron chi connectivity index (χ4n) is 2.66. The molecule has 0 saturated heterocycles. The maximum Gasteiger partial charge on any atom is 0.157 e. The molecule has 0 radical (unpaired) electrons. The van der Waals surface area contributed by atoms with E-state index in [0.717, 1.165) is 5.56 Å². The second kappa shape index (κ2) is 5.01. The zero-order chi connectivity index (χ0) is 15.8. The SMILES string of the molecule is CC(C)(C)CC(C#N)(c1ccc(O)c(O)c1)C(C)(C)C. The second-order valence-electron chi connectivity index (χ2n) is 7.71. The fourth-order valence-corrected chi connectivity index (χ4v) is 2.66. The minimum absolute atomic E-state index is 0.0312. The number of benzene rings is 1. The Kier molecular flexibility index (Phi) is 4.10. The summed E-state index contributed by atoms with van der Waals surface area (Å²) >= 11 is 0. The van der Waals surface area contributed by atoms with Crippen LogP contribution in [-0.4, -0.2) is 10.2 Å². The number of hydrogen-bond donors (Lipinski definition) is 2. The lowest BCUT2D eigenvalue weighted by Crippen LogP contribution is -2.42. The van der Waals surface area contributed by atoms with Crippen molar-refractivity contribution in [3.8, 4) is 17.6 Å². The summed E-state index contributed by atoms with van der Waals surface area (Å²) in [4.78, 5) is 0. The van der Waals surface area contributed by atoms with E-state index < -0.39 is 5.41 Å². The lowest BCUT2D eigenvalue weighted by atomic mass is 9.58. The van der Waals surface area contributed by atoms with Crippen molar-refractivity contribution in [3.05, 3.63) is 23.8 Å². The minimum Gasteiger partial charge on any atom is -0.504 e. The van der Waals surface area contributed by atoms with Gasteiger partial charge >= 0.3 is 0 Å². The summed E-state index contributed by atoms with van der Waals surface area (Å²) in [6.45, 7) is 12.4. The van der Waals surface area contributed by atoms with Gasteiger partial charge in [-0.15, -0.1) is 0 Å². The van der Waals surface area contributed by atoms with Crippen molar-refractivity contribution in [1.29, 1.82) is 5.26 Å². The monoisotopic (exact) mass is 275 g/mol. The fraction of sp³-hybridized carbons (Fsp3) is 0.588. The number of nitriles is 1. The highest BCUT2D eigenvalue weighted by Gasteiger charge is 2.46. The van der Waals surface area contributed by atoms with Crippen molar-refractivity contribution < 1.29 is 10.2 Å². The molecule has 0 saturated carbocycles. The van der Waals surface area contributed by atoms with Crippen LogP contribution < -0.4 is 0 Å². The van der Waals surface area contributed by atoms with Crippen LogP contribution in [0.3, 0.4) is 0 Å². The summed E-state index contributed by atoms with van der Waals surface area (Å²) in [6.07, 6.45) is 0.671. The molecule has 1 unspecified atom stereocenters. The van der Waals surface area contributed by atoms with E-state index in [1.807, 2.05) is 20.8 Å². The molecule has 1 atom stereocenters. The molecule has 0 amide bonds. The van der Waals surface area contributed by atoms with E-state index in [-0.39, 0.29) is 22.3 Å². The van der Waals surface area contributed by atoms with E-state index in [1.165, 1.54) is 12.1 Å². The number of rotatable bonds is 2. The molecule has 0 aliphatic heterocycles. The first-order chi connectivity index (χ1) is 8.93. The Morgan fingerprint density at radius 1 is 1.00 bits per heavy atom. The standard InChI is InChI=1S/C17H25NO2/c1-15(2,3)10-17(11-18,16(4,5)6)12-7-8-13(19)14(20)9-12/h7-9,19-20H,10H2,1-6H3. The van der Waals surface area contributed by atoms with Gasteiger partial charge in [0.15, 0.2) is 11.5 Å². The van der Waals surface area contributed by atoms with E-state index in [1.54, 1.807) is 6.07 Å². The normalized spacial score (nSPS) is 15.4. The minimum atomic E-state index is -0.726. The van der Waals surface area contributed by atoms with Gasteiger partial charge in [-0.2, -0.15) is 5.26 Å². The quantitative estimate of drug-likeness (QED) is 0.789. The molecule has 0 aliphatic rings. The summed E-state index contributed by atoms with van der Waals surface area (Å²) in [5.74, 6) is -0.342. The van der Waals surface area contributed by atoms with Crippen LogP contribution in [0, 0.1) is 22.2 Å². The van der Waals surface area contributed by atoms with E-state index in [9.17, 15) is 15.5 Å². The number of phenolic OH excluding ortho intramolecular Hbond substituents is 2. The van der Waals surface area contributed by atoms with Gasteiger partial charge in [0.05, 0.1) is 11.5 Å². The van der Waals surface area contributed by atoms with Crippen LogP contribution in [0.5, 0.6) is 11.5 Å². The third-order valence-electron chi connectivity index (χ3n) is 3.73. The Balaban J connectivity index is 3.52. The number of hydrogen-bond acceptors (Lipinski definition) is 3. The molecule has 2 N–H and O–H groups in total. The van der Waals surface area contributed by atoms with Crippen LogP contribution in [-0.2, 0) is 5.41 Å². The maximum atomic E-state index is 9.89. The smallest absolute Gasteiger partial charge is 0.157 e. The zero-order valence-electron chi connectivity index (χ0n) is 13.3. The molecule has 0 aliphatic carbocycles. The average molecular weight is 275 g/mol. The van der Waals surface area contributed by atoms with Gasteiger partial charge in [-0.3, -0.25) is 0 Å². The zero-order valence-corrected chi connectivity index (χ0v) is 13.3. The molecule has 20 heavy (non-hydrogen) atoms. The van der Waals surface area contributed by atoms with Crippen LogP contribution in [0.15, 0.2) is 18.2 Å². The highest BCUT2D eigenvalue weighted by atomic mass is 16.3. The van der Waals surface area contributed by atoms with Crippen molar-refractivity contribution in [1.82, 2.24) is 0 Å². The molecule has 110 valence electrons. The molecule has 1 aromatic carbocycles. The van der Waals surface area contributed by atoms with Crippen molar-refractivity contribution in [2.24, 2.45) is 10.8 Å². The average Bonchev–Trinajstić information content (AvgIpc) is 2.27. The van der Waals surface area contributed by atoms with Crippen molar-refractivity contribution >= 4 is 0 Å². The van der Waals surface area contributed by atoms with Gasteiger partial charge in [-0.25, -0.2) is 0 Å². The lowest BCUT2D eigenvalue weighted by molar-refractivity contribution is 0.168. The molecule has 0 fully saturated rings. The van der Waals surface area contributed by atoms with Crippen molar-refractivity contribution in [2.45, 2.75) is 53.4 Å².